The fourth-order valence-electron chi connectivity index (χ4n) is 3.76. The van der Waals surface area contributed by atoms with E-state index in [0.29, 0.717) is 6.10 Å². The van der Waals surface area contributed by atoms with Crippen molar-refractivity contribution in [1.29, 1.82) is 0 Å². The summed E-state index contributed by atoms with van der Waals surface area (Å²) in [5.74, 6) is 1.96. The molecule has 26 heavy (non-hydrogen) atoms. The molecule has 142 valence electrons. The van der Waals surface area contributed by atoms with E-state index in [-0.39, 0.29) is 0 Å². The third-order valence-electron chi connectivity index (χ3n) is 5.39. The van der Waals surface area contributed by atoms with Gasteiger partial charge in [0.2, 0.25) is 0 Å². The van der Waals surface area contributed by atoms with Gasteiger partial charge < -0.3 is 14.4 Å². The van der Waals surface area contributed by atoms with Crippen molar-refractivity contribution in [2.45, 2.75) is 39.3 Å². The zero-order valence-electron chi connectivity index (χ0n) is 16.0. The second-order valence-electron chi connectivity index (χ2n) is 7.33. The van der Waals surface area contributed by atoms with Crippen LogP contribution in [0.25, 0.3) is 10.2 Å². The molecule has 2 aliphatic heterocycles. The van der Waals surface area contributed by atoms with E-state index < -0.39 is 0 Å². The smallest absolute Gasteiger partial charge is 0.146 e. The van der Waals surface area contributed by atoms with Crippen LogP contribution in [0.1, 0.15) is 29.1 Å². The lowest BCUT2D eigenvalue weighted by Crippen LogP contribution is -2.36. The first-order valence-corrected chi connectivity index (χ1v) is 10.3. The van der Waals surface area contributed by atoms with Gasteiger partial charge in [-0.25, -0.2) is 9.97 Å². The van der Waals surface area contributed by atoms with E-state index in [4.69, 9.17) is 19.4 Å². The van der Waals surface area contributed by atoms with Gasteiger partial charge >= 0.3 is 0 Å². The van der Waals surface area contributed by atoms with Gasteiger partial charge in [-0.1, -0.05) is 0 Å². The van der Waals surface area contributed by atoms with Crippen molar-refractivity contribution >= 4 is 27.4 Å². The van der Waals surface area contributed by atoms with Crippen LogP contribution in [0, 0.1) is 13.8 Å². The van der Waals surface area contributed by atoms with Crippen LogP contribution >= 0.6 is 11.3 Å². The second-order valence-corrected chi connectivity index (χ2v) is 8.53. The van der Waals surface area contributed by atoms with Gasteiger partial charge in [0.15, 0.2) is 0 Å². The molecular formula is C19H28N4O2S. The van der Waals surface area contributed by atoms with Crippen molar-refractivity contribution < 1.29 is 9.47 Å². The number of aromatic nitrogens is 2. The van der Waals surface area contributed by atoms with Crippen LogP contribution in [0.5, 0.6) is 0 Å². The van der Waals surface area contributed by atoms with E-state index in [1.165, 1.54) is 15.8 Å². The van der Waals surface area contributed by atoms with Crippen molar-refractivity contribution in [3.05, 3.63) is 16.3 Å². The fourth-order valence-corrected chi connectivity index (χ4v) is 4.80. The Morgan fingerprint density at radius 3 is 2.73 bits per heavy atom. The van der Waals surface area contributed by atoms with E-state index >= 15 is 0 Å². The van der Waals surface area contributed by atoms with E-state index in [1.807, 2.05) is 0 Å². The van der Waals surface area contributed by atoms with Crippen molar-refractivity contribution in [1.82, 2.24) is 14.9 Å². The van der Waals surface area contributed by atoms with Gasteiger partial charge in [-0.05, 0) is 32.3 Å². The molecule has 0 radical (unpaired) electrons. The highest BCUT2D eigenvalue weighted by molar-refractivity contribution is 7.18. The summed E-state index contributed by atoms with van der Waals surface area (Å²) in [6.45, 7) is 10.4. The summed E-state index contributed by atoms with van der Waals surface area (Å²) in [6, 6.07) is 0. The number of hydrogen-bond donors (Lipinski definition) is 0. The van der Waals surface area contributed by atoms with E-state index in [9.17, 15) is 0 Å². The molecule has 1 unspecified atom stereocenters. The Kier molecular flexibility index (Phi) is 5.40. The lowest BCUT2D eigenvalue weighted by molar-refractivity contribution is 0.0331. The summed E-state index contributed by atoms with van der Waals surface area (Å²) >= 11 is 1.78. The van der Waals surface area contributed by atoms with Crippen LogP contribution in [-0.4, -0.2) is 67.5 Å². The number of fused-ring (bicyclic) bond motifs is 1. The molecule has 1 atom stereocenters. The van der Waals surface area contributed by atoms with Gasteiger partial charge in [0.1, 0.15) is 16.5 Å². The number of ether oxygens (including phenoxy) is 2. The Labute approximate surface area is 159 Å². The van der Waals surface area contributed by atoms with Crippen molar-refractivity contribution in [2.24, 2.45) is 0 Å². The number of rotatable bonds is 5. The minimum atomic E-state index is 0.313. The van der Waals surface area contributed by atoms with E-state index in [2.05, 4.69) is 30.7 Å². The molecule has 0 spiro atoms. The number of anilines is 1. The summed E-state index contributed by atoms with van der Waals surface area (Å²) in [5.41, 5.74) is 1.30. The topological polar surface area (TPSA) is 50.7 Å². The largest absolute Gasteiger partial charge is 0.379 e. The van der Waals surface area contributed by atoms with Gasteiger partial charge in [0.25, 0.3) is 0 Å². The van der Waals surface area contributed by atoms with Crippen molar-refractivity contribution in [3.63, 3.8) is 0 Å². The van der Waals surface area contributed by atoms with Crippen LogP contribution in [0.15, 0.2) is 0 Å². The minimum Gasteiger partial charge on any atom is -0.379 e. The van der Waals surface area contributed by atoms with Crippen LogP contribution in [-0.2, 0) is 16.0 Å². The van der Waals surface area contributed by atoms with Crippen molar-refractivity contribution in [2.75, 3.05) is 51.4 Å². The molecule has 0 amide bonds. The number of nitrogens with zero attached hydrogens (tertiary/aromatic N) is 4. The number of likely N-dealkylation sites (N-methyl/N-ethyl adjacent to an activating group) is 1. The van der Waals surface area contributed by atoms with Crippen LogP contribution < -0.4 is 4.90 Å². The Bertz CT molecular complexity index is 766. The number of aryl methyl sites for hydroxylation is 2. The predicted octanol–water partition coefficient (Wildman–Crippen LogP) is 2.76. The lowest BCUT2D eigenvalue weighted by Gasteiger charge is -2.27. The molecule has 2 aromatic rings. The Morgan fingerprint density at radius 2 is 2.00 bits per heavy atom. The normalized spacial score (nSPS) is 21.6. The highest BCUT2D eigenvalue weighted by Gasteiger charge is 2.23. The number of hydrogen-bond acceptors (Lipinski definition) is 7. The molecule has 0 aromatic carbocycles. The van der Waals surface area contributed by atoms with Gasteiger partial charge in [0, 0.05) is 38.2 Å². The first-order valence-electron chi connectivity index (χ1n) is 9.51. The van der Waals surface area contributed by atoms with Crippen LogP contribution in [0.2, 0.25) is 0 Å². The molecule has 6 nitrogen and oxygen atoms in total. The first-order chi connectivity index (χ1) is 12.6. The quantitative estimate of drug-likeness (QED) is 0.800. The number of thiophene rings is 1. The summed E-state index contributed by atoms with van der Waals surface area (Å²) in [6.07, 6.45) is 2.62. The van der Waals surface area contributed by atoms with Crippen molar-refractivity contribution in [3.8, 4) is 0 Å². The SMILES string of the molecule is Cc1sc2nc(CN3CCOCC3)nc(N(C)CC3CCCO3)c2c1C. The molecule has 2 fully saturated rings. The molecular weight excluding hydrogens is 348 g/mol. The van der Waals surface area contributed by atoms with Crippen LogP contribution in [0.3, 0.4) is 0 Å². The molecule has 0 bridgehead atoms. The average molecular weight is 377 g/mol. The maximum atomic E-state index is 5.84. The zero-order chi connectivity index (χ0) is 18.1. The molecule has 0 saturated carbocycles. The maximum absolute atomic E-state index is 5.84. The minimum absolute atomic E-state index is 0.313. The monoisotopic (exact) mass is 376 g/mol. The van der Waals surface area contributed by atoms with E-state index in [1.54, 1.807) is 11.3 Å². The molecule has 2 aromatic heterocycles. The molecule has 2 aliphatic rings. The fraction of sp³-hybridized carbons (Fsp3) is 0.684. The summed E-state index contributed by atoms with van der Waals surface area (Å²) in [5, 5.41) is 1.21. The second kappa shape index (κ2) is 7.76. The molecule has 0 aliphatic carbocycles. The number of morpholine rings is 1. The highest BCUT2D eigenvalue weighted by atomic mass is 32.1. The Hall–Kier alpha value is -1.28. The van der Waals surface area contributed by atoms with Gasteiger partial charge in [0.05, 0.1) is 31.2 Å². The molecule has 4 heterocycles. The molecule has 0 N–H and O–H groups in total. The Balaban J connectivity index is 1.65. The average Bonchev–Trinajstić information content (AvgIpc) is 3.24. The van der Waals surface area contributed by atoms with Gasteiger partial charge in [-0.15, -0.1) is 11.3 Å². The Morgan fingerprint density at radius 1 is 1.19 bits per heavy atom. The molecule has 4 rings (SSSR count). The van der Waals surface area contributed by atoms with Crippen LogP contribution in [0.4, 0.5) is 5.82 Å². The summed E-state index contributed by atoms with van der Waals surface area (Å²) in [7, 11) is 2.13. The van der Waals surface area contributed by atoms with E-state index in [0.717, 1.165) is 75.3 Å². The third kappa shape index (κ3) is 3.71. The standard InChI is InChI=1S/C19H28N4O2S/c1-13-14(2)26-19-17(13)18(22(3)11-15-5-4-8-25-15)20-16(21-19)12-23-6-9-24-10-7-23/h15H,4-12H2,1-3H3. The maximum Gasteiger partial charge on any atom is 0.146 e. The first kappa shape index (κ1) is 18.1. The molecule has 7 heteroatoms. The molecule has 2 saturated heterocycles. The summed E-state index contributed by atoms with van der Waals surface area (Å²) in [4.78, 5) is 17.0. The zero-order valence-corrected chi connectivity index (χ0v) is 16.8. The third-order valence-corrected chi connectivity index (χ3v) is 6.49. The lowest BCUT2D eigenvalue weighted by atomic mass is 10.2. The predicted molar refractivity (Wildman–Crippen MR) is 105 cm³/mol. The highest BCUT2D eigenvalue weighted by Crippen LogP contribution is 2.35. The summed E-state index contributed by atoms with van der Waals surface area (Å²) < 4.78 is 11.3. The van der Waals surface area contributed by atoms with Gasteiger partial charge in [-0.3, -0.25) is 4.90 Å². The van der Waals surface area contributed by atoms with Gasteiger partial charge in [-0.2, -0.15) is 0 Å².